The molecule has 3 aromatic rings. The number of hydrogen-bond acceptors (Lipinski definition) is 9. The lowest BCUT2D eigenvalue weighted by atomic mass is 9.77. The maximum atomic E-state index is 13.7. The summed E-state index contributed by atoms with van der Waals surface area (Å²) in [5.74, 6) is 1.94. The lowest BCUT2D eigenvalue weighted by Gasteiger charge is -2.38. The van der Waals surface area contributed by atoms with E-state index < -0.39 is 23.9 Å². The average Bonchev–Trinajstić information content (AvgIpc) is 3.14. The summed E-state index contributed by atoms with van der Waals surface area (Å²) < 4.78 is 53.1. The van der Waals surface area contributed by atoms with E-state index in [9.17, 15) is 22.8 Å². The number of rotatable bonds is 11. The van der Waals surface area contributed by atoms with Crippen LogP contribution in [0.3, 0.4) is 0 Å². The zero-order valence-electron chi connectivity index (χ0n) is 30.6. The lowest BCUT2D eigenvalue weighted by molar-refractivity contribution is -0.139. The minimum atomic E-state index is -4.67. The Morgan fingerprint density at radius 3 is 2.38 bits per heavy atom. The number of alkyl halides is 3. The van der Waals surface area contributed by atoms with Gasteiger partial charge in [-0.2, -0.15) is 13.2 Å². The van der Waals surface area contributed by atoms with Crippen LogP contribution in [-0.4, -0.2) is 103 Å². The number of ether oxygens (including phenoxy) is 2. The molecule has 3 fully saturated rings. The molecule has 3 heterocycles. The maximum absolute atomic E-state index is 13.7. The average molecular weight is 742 g/mol. The van der Waals surface area contributed by atoms with Crippen LogP contribution in [0.5, 0.6) is 5.75 Å². The molecule has 53 heavy (non-hydrogen) atoms. The molecule has 3 aliphatic rings. The van der Waals surface area contributed by atoms with Gasteiger partial charge in [-0.25, -0.2) is 14.8 Å². The van der Waals surface area contributed by atoms with E-state index in [0.29, 0.717) is 34.4 Å². The van der Waals surface area contributed by atoms with Crippen LogP contribution in [0.2, 0.25) is 0 Å². The highest BCUT2D eigenvalue weighted by molar-refractivity contribution is 5.91. The van der Waals surface area contributed by atoms with Crippen molar-refractivity contribution >= 4 is 34.4 Å². The van der Waals surface area contributed by atoms with Crippen molar-refractivity contribution in [1.82, 2.24) is 25.1 Å². The topological polar surface area (TPSA) is 141 Å². The lowest BCUT2D eigenvalue weighted by Crippen LogP contribution is -2.51. The van der Waals surface area contributed by atoms with Gasteiger partial charge in [0.05, 0.1) is 36.9 Å². The number of halogens is 3. The normalized spacial score (nSPS) is 21.0. The van der Waals surface area contributed by atoms with Crippen LogP contribution in [0.4, 0.5) is 29.5 Å². The van der Waals surface area contributed by atoms with Gasteiger partial charge in [-0.15, -0.1) is 0 Å². The van der Waals surface area contributed by atoms with Crippen LogP contribution in [0, 0.1) is 12.8 Å². The summed E-state index contributed by atoms with van der Waals surface area (Å²) in [6.07, 6.45) is -0.509. The first-order valence-electron chi connectivity index (χ1n) is 18.6. The second-order valence-corrected chi connectivity index (χ2v) is 14.4. The summed E-state index contributed by atoms with van der Waals surface area (Å²) in [6.45, 7) is 10.3. The third kappa shape index (κ3) is 9.67. The van der Waals surface area contributed by atoms with Crippen molar-refractivity contribution in [3.8, 4) is 5.75 Å². The maximum Gasteiger partial charge on any atom is 0.416 e. The highest BCUT2D eigenvalue weighted by Crippen LogP contribution is 2.43. The number of methoxy groups -OCH3 is 1. The number of carbonyl (C=O) groups is 2. The smallest absolute Gasteiger partial charge is 0.416 e. The number of hydrogen-bond donors (Lipinski definition) is 4. The Bertz CT molecular complexity index is 1750. The number of benzene rings is 2. The fraction of sp³-hybridized carbons (Fsp3) is 0.579. The predicted octanol–water partition coefficient (Wildman–Crippen LogP) is 6.42. The minimum Gasteiger partial charge on any atom is -0.496 e. The summed E-state index contributed by atoms with van der Waals surface area (Å²) in [5.41, 5.74) is 0.671. The van der Waals surface area contributed by atoms with Crippen LogP contribution in [-0.2, 0) is 15.7 Å². The van der Waals surface area contributed by atoms with Crippen molar-refractivity contribution in [2.24, 2.45) is 5.92 Å². The second-order valence-electron chi connectivity index (χ2n) is 14.4. The van der Waals surface area contributed by atoms with Crippen LogP contribution < -0.4 is 20.7 Å². The molecule has 15 heteroatoms. The van der Waals surface area contributed by atoms with Gasteiger partial charge >= 0.3 is 12.3 Å². The molecule has 1 aromatic heterocycles. The summed E-state index contributed by atoms with van der Waals surface area (Å²) in [4.78, 5) is 38.5. The van der Waals surface area contributed by atoms with Gasteiger partial charge in [0.15, 0.2) is 0 Å². The van der Waals surface area contributed by atoms with Crippen LogP contribution in [0.25, 0.3) is 10.9 Å². The number of aromatic nitrogens is 2. The first-order valence-corrected chi connectivity index (χ1v) is 18.6. The number of nitrogens with one attached hydrogen (secondary N) is 3. The van der Waals surface area contributed by atoms with Gasteiger partial charge in [-0.05, 0) is 107 Å². The molecule has 2 aromatic carbocycles. The second kappa shape index (κ2) is 16.9. The van der Waals surface area contributed by atoms with E-state index in [-0.39, 0.29) is 29.0 Å². The molecule has 1 atom stereocenters. The van der Waals surface area contributed by atoms with Gasteiger partial charge in [0, 0.05) is 55.8 Å². The van der Waals surface area contributed by atoms with E-state index in [4.69, 9.17) is 14.6 Å². The van der Waals surface area contributed by atoms with Crippen LogP contribution in [0.1, 0.15) is 79.9 Å². The standard InChI is InChI=1S/C38H50F3N7O5/c1-23(27-18-28(38(39,40)41)20-29(19-27)46-37(50)51)43-35-32-21-31(34(52-3)22-33(32)44-24(2)45-35)25-4-6-26(7-5-25)36(49)48-14-12-47(13-15-48)16-17-53-30-8-10-42-11-9-30/h18-23,25-26,30,42,46H,4-17H2,1-3H3,(H,50,51)(H,43,44,45)/t23-,25?,26?/m1/s1. The molecule has 0 radical (unpaired) electrons. The number of anilines is 2. The number of aryl methyl sites for hydroxylation is 1. The molecular weight excluding hydrogens is 691 g/mol. The minimum absolute atomic E-state index is 0.0236. The number of carbonyl (C=O) groups excluding carboxylic acids is 1. The predicted molar refractivity (Wildman–Crippen MR) is 196 cm³/mol. The fourth-order valence-corrected chi connectivity index (χ4v) is 7.86. The largest absolute Gasteiger partial charge is 0.496 e. The number of piperidine rings is 1. The molecule has 0 spiro atoms. The number of piperazine rings is 1. The van der Waals surface area contributed by atoms with E-state index in [1.807, 2.05) is 22.3 Å². The quantitative estimate of drug-likeness (QED) is 0.174. The molecule has 288 valence electrons. The molecule has 0 unspecified atom stereocenters. The molecule has 2 aliphatic heterocycles. The number of amides is 2. The van der Waals surface area contributed by atoms with Crippen molar-refractivity contribution in [2.75, 3.05) is 70.2 Å². The fourth-order valence-electron chi connectivity index (χ4n) is 7.86. The molecule has 2 saturated heterocycles. The molecular formula is C38H50F3N7O5. The third-order valence-corrected chi connectivity index (χ3v) is 10.8. The third-order valence-electron chi connectivity index (χ3n) is 10.8. The van der Waals surface area contributed by atoms with Crippen molar-refractivity contribution < 1.29 is 37.3 Å². The van der Waals surface area contributed by atoms with Gasteiger partial charge in [0.1, 0.15) is 17.4 Å². The summed E-state index contributed by atoms with van der Waals surface area (Å²) >= 11 is 0. The molecule has 6 rings (SSSR count). The molecule has 1 aliphatic carbocycles. The van der Waals surface area contributed by atoms with E-state index in [1.165, 1.54) is 6.07 Å². The molecule has 12 nitrogen and oxygen atoms in total. The van der Waals surface area contributed by atoms with Crippen LogP contribution >= 0.6 is 0 Å². The van der Waals surface area contributed by atoms with E-state index in [0.717, 1.165) is 109 Å². The van der Waals surface area contributed by atoms with Crippen molar-refractivity contribution in [1.29, 1.82) is 0 Å². The van der Waals surface area contributed by atoms with E-state index >= 15 is 0 Å². The summed E-state index contributed by atoms with van der Waals surface area (Å²) in [5, 5.41) is 18.5. The van der Waals surface area contributed by atoms with Crippen LogP contribution in [0.15, 0.2) is 30.3 Å². The van der Waals surface area contributed by atoms with E-state index in [2.05, 4.69) is 25.5 Å². The summed E-state index contributed by atoms with van der Waals surface area (Å²) in [6, 6.07) is 6.32. The SMILES string of the molecule is COc1cc2nc(C)nc(N[C@H](C)c3cc(NC(=O)O)cc(C(F)(F)F)c3)c2cc1C1CCC(C(=O)N2CCN(CCOC3CCNCC3)CC2)CC1. The van der Waals surface area contributed by atoms with Crippen molar-refractivity contribution in [2.45, 2.75) is 76.6 Å². The molecule has 1 saturated carbocycles. The summed E-state index contributed by atoms with van der Waals surface area (Å²) in [7, 11) is 1.62. The highest BCUT2D eigenvalue weighted by atomic mass is 19.4. The van der Waals surface area contributed by atoms with Gasteiger partial charge in [0.2, 0.25) is 5.91 Å². The Labute approximate surface area is 307 Å². The number of fused-ring (bicyclic) bond motifs is 1. The molecule has 0 bridgehead atoms. The first-order chi connectivity index (χ1) is 25.4. The Hall–Kier alpha value is -4.21. The van der Waals surface area contributed by atoms with Gasteiger partial charge in [-0.1, -0.05) is 0 Å². The van der Waals surface area contributed by atoms with Gasteiger partial charge in [0.25, 0.3) is 0 Å². The Kier molecular flexibility index (Phi) is 12.2. The van der Waals surface area contributed by atoms with E-state index in [1.54, 1.807) is 21.0 Å². The highest BCUT2D eigenvalue weighted by Gasteiger charge is 2.34. The Morgan fingerprint density at radius 1 is 1.00 bits per heavy atom. The first kappa shape index (κ1) is 38.5. The van der Waals surface area contributed by atoms with Crippen molar-refractivity contribution in [3.05, 3.63) is 52.8 Å². The molecule has 2 amide bonds. The van der Waals surface area contributed by atoms with Crippen molar-refractivity contribution in [3.63, 3.8) is 0 Å². The number of carboxylic acid groups (broad SMARTS) is 1. The molecule has 4 N–H and O–H groups in total. The van der Waals surface area contributed by atoms with Gasteiger partial charge in [-0.3, -0.25) is 15.0 Å². The Balaban J connectivity index is 1.11. The Morgan fingerprint density at radius 2 is 1.72 bits per heavy atom. The number of nitrogens with zero attached hydrogens (tertiary/aromatic N) is 4. The monoisotopic (exact) mass is 741 g/mol. The van der Waals surface area contributed by atoms with Gasteiger partial charge < -0.3 is 30.1 Å². The zero-order chi connectivity index (χ0) is 37.7. The zero-order valence-corrected chi connectivity index (χ0v) is 30.6.